The largest absolute Gasteiger partial charge is 0.481 e. The Labute approximate surface area is 196 Å². The number of imidazole rings is 1. The van der Waals surface area contributed by atoms with Crippen LogP contribution in [0.3, 0.4) is 0 Å². The molecule has 9 heteroatoms. The second-order valence-corrected chi connectivity index (χ2v) is 9.34. The number of aromatic amines is 1. The number of carboxylic acid groups (broad SMARTS) is 1. The number of nitrogens with zero attached hydrogens (tertiary/aromatic N) is 3. The van der Waals surface area contributed by atoms with Gasteiger partial charge in [-0.1, -0.05) is 0 Å². The van der Waals surface area contributed by atoms with E-state index in [1.54, 1.807) is 6.20 Å². The van der Waals surface area contributed by atoms with Crippen LogP contribution in [0.4, 0.5) is 14.6 Å². The maximum absolute atomic E-state index is 13.5. The van der Waals surface area contributed by atoms with E-state index in [1.165, 1.54) is 0 Å². The number of hydrogen-bond acceptors (Lipinski definition) is 5. The van der Waals surface area contributed by atoms with E-state index in [0.717, 1.165) is 75.1 Å². The Morgan fingerprint density at radius 2 is 1.76 bits per heavy atom. The van der Waals surface area contributed by atoms with Crippen LogP contribution in [0, 0.1) is 17.6 Å². The number of anilines is 1. The van der Waals surface area contributed by atoms with Gasteiger partial charge in [0.25, 0.3) is 0 Å². The first-order chi connectivity index (χ1) is 16.4. The van der Waals surface area contributed by atoms with Crippen LogP contribution in [0.5, 0.6) is 0 Å². The highest BCUT2D eigenvalue weighted by Gasteiger charge is 2.28. The van der Waals surface area contributed by atoms with Gasteiger partial charge in [-0.15, -0.1) is 0 Å². The Morgan fingerprint density at radius 1 is 1.06 bits per heavy atom. The number of rotatable bonds is 6. The predicted octanol–water partition coefficient (Wildman–Crippen LogP) is 4.92. The molecule has 2 fully saturated rings. The van der Waals surface area contributed by atoms with Crippen molar-refractivity contribution in [3.63, 3.8) is 0 Å². The zero-order valence-corrected chi connectivity index (χ0v) is 18.8. The van der Waals surface area contributed by atoms with Crippen molar-refractivity contribution >= 4 is 22.8 Å². The van der Waals surface area contributed by atoms with E-state index in [2.05, 4.69) is 19.9 Å². The molecule has 34 heavy (non-hydrogen) atoms. The first kappa shape index (κ1) is 22.7. The molecule has 0 spiro atoms. The zero-order valence-electron chi connectivity index (χ0n) is 18.8. The van der Waals surface area contributed by atoms with E-state index in [4.69, 9.17) is 9.84 Å². The summed E-state index contributed by atoms with van der Waals surface area (Å²) in [7, 11) is 0. The number of aliphatic carboxylic acids is 1. The molecule has 3 heterocycles. The molecule has 7 nitrogen and oxygen atoms in total. The van der Waals surface area contributed by atoms with Crippen molar-refractivity contribution in [1.29, 1.82) is 0 Å². The molecule has 0 radical (unpaired) electrons. The quantitative estimate of drug-likeness (QED) is 0.531. The van der Waals surface area contributed by atoms with Crippen molar-refractivity contribution in [1.82, 2.24) is 15.0 Å². The fraction of sp³-hybridized carbons (Fsp3) is 0.480. The van der Waals surface area contributed by atoms with E-state index in [9.17, 15) is 13.6 Å². The molecule has 3 aromatic rings. The summed E-state index contributed by atoms with van der Waals surface area (Å²) in [6, 6.07) is 6.04. The number of aromatic nitrogens is 3. The van der Waals surface area contributed by atoms with Gasteiger partial charge in [0.2, 0.25) is 0 Å². The molecule has 1 saturated heterocycles. The number of ether oxygens (including phenoxy) is 1. The van der Waals surface area contributed by atoms with Gasteiger partial charge in [-0.3, -0.25) is 4.79 Å². The van der Waals surface area contributed by atoms with Gasteiger partial charge < -0.3 is 19.7 Å². The number of benzene rings is 1. The lowest BCUT2D eigenvalue weighted by Gasteiger charge is -2.36. The van der Waals surface area contributed by atoms with Crippen molar-refractivity contribution in [3.8, 4) is 11.4 Å². The standard InChI is InChI=1S/C25H28F2N4O3/c26-19-12-21-22(13-20(19)27)30-25(29-21)16-3-6-23(28-14-16)31-9-7-18(8-10-31)34-17-4-1-15(2-5-17)11-24(32)33/h3,6,12-15,17-18H,1-2,4-5,7-11H2,(H,29,30)(H,32,33). The van der Waals surface area contributed by atoms with Crippen molar-refractivity contribution in [2.24, 2.45) is 5.92 Å². The van der Waals surface area contributed by atoms with Gasteiger partial charge >= 0.3 is 5.97 Å². The smallest absolute Gasteiger partial charge is 0.303 e. The molecule has 1 saturated carbocycles. The normalized spacial score (nSPS) is 21.8. The Bertz CT molecular complexity index is 1110. The van der Waals surface area contributed by atoms with Crippen LogP contribution >= 0.6 is 0 Å². The van der Waals surface area contributed by atoms with Gasteiger partial charge in [0.05, 0.1) is 23.2 Å². The molecule has 1 aliphatic heterocycles. The average molecular weight is 471 g/mol. The lowest BCUT2D eigenvalue weighted by atomic mass is 9.85. The van der Waals surface area contributed by atoms with Crippen LogP contribution in [0.25, 0.3) is 22.4 Å². The zero-order chi connectivity index (χ0) is 23.7. The number of H-pyrrole nitrogens is 1. The Kier molecular flexibility index (Phi) is 6.45. The molecule has 0 amide bonds. The van der Waals surface area contributed by atoms with Crippen LogP contribution in [0.15, 0.2) is 30.5 Å². The maximum atomic E-state index is 13.5. The molecule has 1 aromatic carbocycles. The lowest BCUT2D eigenvalue weighted by molar-refractivity contribution is -0.138. The predicted molar refractivity (Wildman–Crippen MR) is 124 cm³/mol. The summed E-state index contributed by atoms with van der Waals surface area (Å²) < 4.78 is 33.3. The minimum absolute atomic E-state index is 0.230. The molecular formula is C25H28F2N4O3. The summed E-state index contributed by atoms with van der Waals surface area (Å²) in [5, 5.41) is 8.96. The monoisotopic (exact) mass is 470 g/mol. The van der Waals surface area contributed by atoms with Crippen molar-refractivity contribution < 1.29 is 23.4 Å². The average Bonchev–Trinajstić information content (AvgIpc) is 3.23. The fourth-order valence-electron chi connectivity index (χ4n) is 5.07. The van der Waals surface area contributed by atoms with E-state index in [1.807, 2.05) is 12.1 Å². The third kappa shape index (κ3) is 5.04. The van der Waals surface area contributed by atoms with Gasteiger partial charge in [0, 0.05) is 43.4 Å². The van der Waals surface area contributed by atoms with E-state index >= 15 is 0 Å². The van der Waals surface area contributed by atoms with E-state index in [-0.39, 0.29) is 24.5 Å². The van der Waals surface area contributed by atoms with Crippen LogP contribution in [-0.2, 0) is 9.53 Å². The molecule has 2 aliphatic rings. The first-order valence-electron chi connectivity index (χ1n) is 11.9. The Morgan fingerprint density at radius 3 is 2.44 bits per heavy atom. The summed E-state index contributed by atoms with van der Waals surface area (Å²) in [6.07, 6.45) is 8.07. The highest BCUT2D eigenvalue weighted by molar-refractivity contribution is 5.79. The summed E-state index contributed by atoms with van der Waals surface area (Å²) in [4.78, 5) is 25.1. The van der Waals surface area contributed by atoms with Crippen molar-refractivity contribution in [2.75, 3.05) is 18.0 Å². The number of carboxylic acids is 1. The molecule has 5 rings (SSSR count). The van der Waals surface area contributed by atoms with E-state index < -0.39 is 17.6 Å². The number of halogens is 2. The second kappa shape index (κ2) is 9.66. The summed E-state index contributed by atoms with van der Waals surface area (Å²) >= 11 is 0. The SMILES string of the molecule is O=C(O)CC1CCC(OC2CCN(c3ccc(-c4nc5cc(F)c(F)cc5[nH]4)cn3)CC2)CC1. The molecule has 2 N–H and O–H groups in total. The van der Waals surface area contributed by atoms with Crippen LogP contribution in [0.2, 0.25) is 0 Å². The molecule has 0 atom stereocenters. The van der Waals surface area contributed by atoms with Crippen molar-refractivity contribution in [3.05, 3.63) is 42.1 Å². The number of nitrogens with one attached hydrogen (secondary N) is 1. The van der Waals surface area contributed by atoms with Crippen molar-refractivity contribution in [2.45, 2.75) is 57.2 Å². The topological polar surface area (TPSA) is 91.3 Å². The summed E-state index contributed by atoms with van der Waals surface area (Å²) in [5.74, 6) is -0.850. The van der Waals surface area contributed by atoms with Crippen LogP contribution in [-0.4, -0.2) is 51.3 Å². The van der Waals surface area contributed by atoms with E-state index in [0.29, 0.717) is 16.9 Å². The highest BCUT2D eigenvalue weighted by Crippen LogP contribution is 2.31. The third-order valence-corrected chi connectivity index (χ3v) is 6.95. The first-order valence-corrected chi connectivity index (χ1v) is 11.9. The van der Waals surface area contributed by atoms with Gasteiger partial charge in [0.15, 0.2) is 11.6 Å². The van der Waals surface area contributed by atoms with Crippen LogP contribution in [0.1, 0.15) is 44.9 Å². The third-order valence-electron chi connectivity index (χ3n) is 6.95. The van der Waals surface area contributed by atoms with Gasteiger partial charge in [-0.25, -0.2) is 18.7 Å². The number of carbonyl (C=O) groups is 1. The second-order valence-electron chi connectivity index (χ2n) is 9.34. The minimum atomic E-state index is -0.919. The number of fused-ring (bicyclic) bond motifs is 1. The molecular weight excluding hydrogens is 442 g/mol. The fourth-order valence-corrected chi connectivity index (χ4v) is 5.07. The van der Waals surface area contributed by atoms with Gasteiger partial charge in [-0.05, 0) is 56.6 Å². The molecule has 2 aromatic heterocycles. The summed E-state index contributed by atoms with van der Waals surface area (Å²) in [6.45, 7) is 1.71. The summed E-state index contributed by atoms with van der Waals surface area (Å²) in [5.41, 5.74) is 1.56. The Balaban J connectivity index is 1.14. The Hall–Kier alpha value is -3.07. The molecule has 0 bridgehead atoms. The number of piperidine rings is 1. The van der Waals surface area contributed by atoms with Gasteiger partial charge in [0.1, 0.15) is 11.6 Å². The molecule has 1 aliphatic carbocycles. The van der Waals surface area contributed by atoms with Gasteiger partial charge in [-0.2, -0.15) is 0 Å². The number of hydrogen-bond donors (Lipinski definition) is 2. The lowest BCUT2D eigenvalue weighted by Crippen LogP contribution is -2.39. The van der Waals surface area contributed by atoms with Crippen LogP contribution < -0.4 is 4.90 Å². The molecule has 0 unspecified atom stereocenters. The highest BCUT2D eigenvalue weighted by atomic mass is 19.2. The number of pyridine rings is 1. The maximum Gasteiger partial charge on any atom is 0.303 e. The minimum Gasteiger partial charge on any atom is -0.481 e. The molecule has 180 valence electrons.